The molecule has 4 nitrogen and oxygen atoms in total. The Morgan fingerprint density at radius 1 is 1.07 bits per heavy atom. The van der Waals surface area contributed by atoms with E-state index in [-0.39, 0.29) is 36.9 Å². The molecule has 15 heavy (non-hydrogen) atoms. The second-order valence-corrected chi connectivity index (χ2v) is 4.65. The number of Topliss-reactive ketones (excluding diaryl/α,β-unsaturated/α-hetero) is 2. The van der Waals surface area contributed by atoms with E-state index in [0.29, 0.717) is 0 Å². The summed E-state index contributed by atoms with van der Waals surface area (Å²) in [5.41, 5.74) is -0.402. The first-order chi connectivity index (χ1) is 6.73. The molecule has 86 valence electrons. The molecule has 0 aromatic carbocycles. The molecule has 0 aromatic heterocycles. The van der Waals surface area contributed by atoms with Crippen LogP contribution in [0, 0.1) is 5.41 Å². The van der Waals surface area contributed by atoms with E-state index < -0.39 is 5.41 Å². The molecule has 0 aliphatic carbocycles. The third-order valence-corrected chi connectivity index (χ3v) is 1.95. The van der Waals surface area contributed by atoms with Gasteiger partial charge in [-0.3, -0.25) is 14.4 Å². The van der Waals surface area contributed by atoms with Crippen LogP contribution in [-0.4, -0.2) is 24.0 Å². The topological polar surface area (TPSA) is 63.2 Å². The Balaban J connectivity index is 3.82. The molecule has 0 bridgehead atoms. The van der Waals surface area contributed by atoms with Gasteiger partial charge in [0.05, 0.1) is 6.54 Å². The van der Waals surface area contributed by atoms with Crippen LogP contribution in [0.15, 0.2) is 0 Å². The average Bonchev–Trinajstić information content (AvgIpc) is 2.09. The van der Waals surface area contributed by atoms with Crippen LogP contribution in [0.5, 0.6) is 0 Å². The van der Waals surface area contributed by atoms with Crippen LogP contribution < -0.4 is 5.32 Å². The van der Waals surface area contributed by atoms with Gasteiger partial charge in [0.25, 0.3) is 0 Å². The van der Waals surface area contributed by atoms with Gasteiger partial charge < -0.3 is 5.32 Å². The molecule has 0 saturated heterocycles. The third kappa shape index (κ3) is 6.82. The Hall–Kier alpha value is -1.19. The number of carbonyl (C=O) groups excluding carboxylic acids is 3. The molecule has 0 unspecified atom stereocenters. The summed E-state index contributed by atoms with van der Waals surface area (Å²) < 4.78 is 0. The number of ketones is 2. The van der Waals surface area contributed by atoms with E-state index >= 15 is 0 Å². The van der Waals surface area contributed by atoms with Gasteiger partial charge >= 0.3 is 0 Å². The van der Waals surface area contributed by atoms with Gasteiger partial charge in [-0.15, -0.1) is 0 Å². The van der Waals surface area contributed by atoms with Crippen molar-refractivity contribution in [3.8, 4) is 0 Å². The zero-order valence-electron chi connectivity index (χ0n) is 9.85. The number of nitrogens with one attached hydrogen (secondary N) is 1. The van der Waals surface area contributed by atoms with E-state index in [4.69, 9.17) is 0 Å². The van der Waals surface area contributed by atoms with Gasteiger partial charge in [0.2, 0.25) is 5.91 Å². The molecule has 4 heteroatoms. The van der Waals surface area contributed by atoms with Crippen molar-refractivity contribution in [2.24, 2.45) is 5.41 Å². The number of carbonyl (C=O) groups is 3. The van der Waals surface area contributed by atoms with E-state index in [1.54, 1.807) is 0 Å². The van der Waals surface area contributed by atoms with Crippen LogP contribution >= 0.6 is 0 Å². The van der Waals surface area contributed by atoms with Crippen LogP contribution in [0.1, 0.15) is 40.5 Å². The predicted octanol–water partition coefficient (Wildman–Crippen LogP) is 1.09. The lowest BCUT2D eigenvalue weighted by Gasteiger charge is -2.15. The fraction of sp³-hybridized carbons (Fsp3) is 0.727. The van der Waals surface area contributed by atoms with E-state index in [9.17, 15) is 14.4 Å². The van der Waals surface area contributed by atoms with Crippen molar-refractivity contribution in [1.29, 1.82) is 0 Å². The standard InChI is InChI=1S/C11H19NO3/c1-8(13)7-12-10(15)6-5-9(14)11(2,3)4/h5-7H2,1-4H3,(H,12,15). The summed E-state index contributed by atoms with van der Waals surface area (Å²) in [6.07, 6.45) is 0.386. The van der Waals surface area contributed by atoms with Gasteiger partial charge in [-0.1, -0.05) is 20.8 Å². The Morgan fingerprint density at radius 2 is 1.60 bits per heavy atom. The van der Waals surface area contributed by atoms with Crippen LogP contribution in [0.25, 0.3) is 0 Å². The molecule has 1 N–H and O–H groups in total. The van der Waals surface area contributed by atoms with Crippen molar-refractivity contribution in [3.05, 3.63) is 0 Å². The molecular formula is C11H19NO3. The number of hydrogen-bond acceptors (Lipinski definition) is 3. The van der Waals surface area contributed by atoms with Gasteiger partial charge in [-0.2, -0.15) is 0 Å². The van der Waals surface area contributed by atoms with Crippen molar-refractivity contribution < 1.29 is 14.4 Å². The monoisotopic (exact) mass is 213 g/mol. The summed E-state index contributed by atoms with van der Waals surface area (Å²) in [7, 11) is 0. The fourth-order valence-corrected chi connectivity index (χ4v) is 0.914. The van der Waals surface area contributed by atoms with Crippen molar-refractivity contribution in [3.63, 3.8) is 0 Å². The smallest absolute Gasteiger partial charge is 0.220 e. The fourth-order valence-electron chi connectivity index (χ4n) is 0.914. The molecule has 0 fully saturated rings. The summed E-state index contributed by atoms with van der Waals surface area (Å²) in [5.74, 6) is -0.284. The first-order valence-electron chi connectivity index (χ1n) is 5.03. The van der Waals surface area contributed by atoms with E-state index in [1.165, 1.54) is 6.92 Å². The van der Waals surface area contributed by atoms with Crippen molar-refractivity contribution >= 4 is 17.5 Å². The van der Waals surface area contributed by atoms with Crippen molar-refractivity contribution in [2.75, 3.05) is 6.54 Å². The largest absolute Gasteiger partial charge is 0.349 e. The SMILES string of the molecule is CC(=O)CNC(=O)CCC(=O)C(C)(C)C. The van der Waals surface area contributed by atoms with Gasteiger partial charge in [-0.05, 0) is 6.92 Å². The first kappa shape index (κ1) is 13.8. The quantitative estimate of drug-likeness (QED) is 0.743. The molecule has 0 radical (unpaired) electrons. The van der Waals surface area contributed by atoms with E-state index in [1.807, 2.05) is 20.8 Å². The maximum absolute atomic E-state index is 11.5. The number of hydrogen-bond donors (Lipinski definition) is 1. The van der Waals surface area contributed by atoms with E-state index in [2.05, 4.69) is 5.32 Å². The van der Waals surface area contributed by atoms with Gasteiger partial charge in [-0.25, -0.2) is 0 Å². The highest BCUT2D eigenvalue weighted by Gasteiger charge is 2.21. The minimum atomic E-state index is -0.402. The van der Waals surface area contributed by atoms with E-state index in [0.717, 1.165) is 0 Å². The molecular weight excluding hydrogens is 194 g/mol. The molecule has 0 spiro atoms. The van der Waals surface area contributed by atoms with Crippen molar-refractivity contribution in [1.82, 2.24) is 5.32 Å². The second kappa shape index (κ2) is 5.63. The lowest BCUT2D eigenvalue weighted by atomic mass is 9.88. The first-order valence-corrected chi connectivity index (χ1v) is 5.03. The summed E-state index contributed by atoms with van der Waals surface area (Å²) in [5, 5.41) is 2.45. The molecule has 0 heterocycles. The van der Waals surface area contributed by atoms with Crippen LogP contribution in [0.3, 0.4) is 0 Å². The van der Waals surface area contributed by atoms with Crippen LogP contribution in [0.2, 0.25) is 0 Å². The number of rotatable bonds is 5. The molecule has 0 aliphatic heterocycles. The lowest BCUT2D eigenvalue weighted by Crippen LogP contribution is -2.29. The van der Waals surface area contributed by atoms with Crippen molar-refractivity contribution in [2.45, 2.75) is 40.5 Å². The molecule has 0 saturated carbocycles. The van der Waals surface area contributed by atoms with Gasteiger partial charge in [0.1, 0.15) is 11.6 Å². The molecule has 1 amide bonds. The molecule has 0 aliphatic rings. The maximum atomic E-state index is 11.5. The van der Waals surface area contributed by atoms with Gasteiger partial charge in [0.15, 0.2) is 0 Å². The highest BCUT2D eigenvalue weighted by atomic mass is 16.2. The van der Waals surface area contributed by atoms with Crippen LogP contribution in [0.4, 0.5) is 0 Å². The molecule has 0 aromatic rings. The second-order valence-electron chi connectivity index (χ2n) is 4.65. The minimum Gasteiger partial charge on any atom is -0.349 e. The minimum absolute atomic E-state index is 0.0442. The summed E-state index contributed by atoms with van der Waals surface area (Å²) in [6.45, 7) is 6.91. The highest BCUT2D eigenvalue weighted by molar-refractivity contribution is 5.89. The average molecular weight is 213 g/mol. The third-order valence-electron chi connectivity index (χ3n) is 1.95. The predicted molar refractivity (Wildman–Crippen MR) is 57.4 cm³/mol. The Morgan fingerprint density at radius 3 is 2.00 bits per heavy atom. The summed E-state index contributed by atoms with van der Waals surface area (Å²) >= 11 is 0. The zero-order valence-corrected chi connectivity index (χ0v) is 9.85. The Bertz CT molecular complexity index is 263. The normalized spacial score (nSPS) is 10.9. The maximum Gasteiger partial charge on any atom is 0.220 e. The highest BCUT2D eigenvalue weighted by Crippen LogP contribution is 2.17. The summed E-state index contributed by atoms with van der Waals surface area (Å²) in [6, 6.07) is 0. The number of amides is 1. The molecule has 0 atom stereocenters. The van der Waals surface area contributed by atoms with Crippen LogP contribution in [-0.2, 0) is 14.4 Å². The van der Waals surface area contributed by atoms with Gasteiger partial charge in [0, 0.05) is 18.3 Å². The molecule has 0 rings (SSSR count). The Kier molecular flexibility index (Phi) is 5.19. The summed E-state index contributed by atoms with van der Waals surface area (Å²) in [4.78, 5) is 33.2. The lowest BCUT2D eigenvalue weighted by molar-refractivity contribution is -0.130. The Labute approximate surface area is 90.4 Å². The zero-order chi connectivity index (χ0) is 12.1.